The lowest BCUT2D eigenvalue weighted by Gasteiger charge is -2.29. The first-order valence-electron chi connectivity index (χ1n) is 7.23. The lowest BCUT2D eigenvalue weighted by atomic mass is 10.1. The molecule has 4 heteroatoms. The van der Waals surface area contributed by atoms with E-state index in [1.54, 1.807) is 0 Å². The van der Waals surface area contributed by atoms with Gasteiger partial charge in [-0.1, -0.05) is 18.2 Å². The molecule has 0 amide bonds. The van der Waals surface area contributed by atoms with Crippen LogP contribution in [-0.2, 0) is 6.54 Å². The number of aliphatic hydroxyl groups is 1. The predicted molar refractivity (Wildman–Crippen MR) is 78.8 cm³/mol. The smallest absolute Gasteiger partial charge is 0.110 e. The van der Waals surface area contributed by atoms with Crippen molar-refractivity contribution in [3.05, 3.63) is 48.0 Å². The molecule has 3 rings (SSSR count). The Bertz CT molecular complexity index is 556. The van der Waals surface area contributed by atoms with E-state index in [2.05, 4.69) is 38.7 Å². The summed E-state index contributed by atoms with van der Waals surface area (Å²) in [5, 5.41) is 9.59. The Labute approximate surface area is 119 Å². The summed E-state index contributed by atoms with van der Waals surface area (Å²) in [6, 6.07) is 10.4. The van der Waals surface area contributed by atoms with Gasteiger partial charge in [0.2, 0.25) is 0 Å². The molecule has 0 unspecified atom stereocenters. The van der Waals surface area contributed by atoms with Crippen LogP contribution in [0, 0.1) is 6.92 Å². The van der Waals surface area contributed by atoms with Crippen molar-refractivity contribution in [1.29, 1.82) is 0 Å². The van der Waals surface area contributed by atoms with Crippen molar-refractivity contribution in [2.24, 2.45) is 0 Å². The highest BCUT2D eigenvalue weighted by Gasteiger charge is 2.19. The van der Waals surface area contributed by atoms with Crippen LogP contribution in [0.3, 0.4) is 0 Å². The summed E-state index contributed by atoms with van der Waals surface area (Å²) in [7, 11) is 0. The van der Waals surface area contributed by atoms with Gasteiger partial charge in [0.15, 0.2) is 0 Å². The first-order chi connectivity index (χ1) is 9.74. The molecule has 1 aliphatic heterocycles. The number of nitrogens with zero attached hydrogens (tertiary/aromatic N) is 3. The van der Waals surface area contributed by atoms with Crippen LogP contribution in [0.5, 0.6) is 0 Å². The fourth-order valence-electron chi connectivity index (χ4n) is 2.84. The van der Waals surface area contributed by atoms with E-state index in [9.17, 15) is 5.11 Å². The molecule has 0 radical (unpaired) electrons. The molecule has 1 fully saturated rings. The number of aromatic nitrogens is 2. The minimum Gasteiger partial charge on any atom is -0.393 e. The maximum atomic E-state index is 9.59. The molecule has 0 spiro atoms. The van der Waals surface area contributed by atoms with Crippen LogP contribution < -0.4 is 0 Å². The minimum absolute atomic E-state index is 0.118. The second-order valence-corrected chi connectivity index (χ2v) is 5.48. The lowest BCUT2D eigenvalue weighted by Crippen LogP contribution is -2.35. The van der Waals surface area contributed by atoms with Gasteiger partial charge in [-0.15, -0.1) is 0 Å². The normalized spacial score (nSPS) is 17.5. The molecule has 0 aliphatic carbocycles. The van der Waals surface area contributed by atoms with E-state index in [1.165, 1.54) is 5.69 Å². The maximum absolute atomic E-state index is 9.59. The molecule has 2 aromatic rings. The van der Waals surface area contributed by atoms with Gasteiger partial charge in [0.25, 0.3) is 0 Å². The third-order valence-electron chi connectivity index (χ3n) is 3.97. The van der Waals surface area contributed by atoms with Gasteiger partial charge in [-0.3, -0.25) is 9.47 Å². The molecule has 4 nitrogen and oxygen atoms in total. The van der Waals surface area contributed by atoms with Crippen molar-refractivity contribution in [2.75, 3.05) is 13.1 Å². The molecule has 20 heavy (non-hydrogen) atoms. The molecule has 1 aliphatic rings. The quantitative estimate of drug-likeness (QED) is 0.930. The number of imidazole rings is 1. The number of aryl methyl sites for hydroxylation is 1. The summed E-state index contributed by atoms with van der Waals surface area (Å²) in [6.45, 7) is 4.85. The Balaban J connectivity index is 1.81. The number of rotatable bonds is 3. The Morgan fingerprint density at radius 1 is 1.20 bits per heavy atom. The summed E-state index contributed by atoms with van der Waals surface area (Å²) in [5.74, 6) is 1.02. The van der Waals surface area contributed by atoms with Gasteiger partial charge in [-0.25, -0.2) is 4.98 Å². The summed E-state index contributed by atoms with van der Waals surface area (Å²) in [5.41, 5.74) is 2.37. The number of hydrogen-bond donors (Lipinski definition) is 1. The van der Waals surface area contributed by atoms with Crippen molar-refractivity contribution in [2.45, 2.75) is 32.4 Å². The van der Waals surface area contributed by atoms with E-state index < -0.39 is 0 Å². The second kappa shape index (κ2) is 5.77. The highest BCUT2D eigenvalue weighted by atomic mass is 16.3. The zero-order chi connectivity index (χ0) is 13.9. The Kier molecular flexibility index (Phi) is 3.85. The largest absolute Gasteiger partial charge is 0.393 e. The molecule has 106 valence electrons. The first kappa shape index (κ1) is 13.3. The van der Waals surface area contributed by atoms with Gasteiger partial charge in [0, 0.05) is 25.3 Å². The average Bonchev–Trinajstić information content (AvgIpc) is 2.83. The molecular weight excluding hydrogens is 250 g/mol. The number of para-hydroxylation sites is 1. The lowest BCUT2D eigenvalue weighted by molar-refractivity contribution is 0.0784. The third-order valence-corrected chi connectivity index (χ3v) is 3.97. The molecular formula is C16H21N3O. The Hall–Kier alpha value is -1.65. The van der Waals surface area contributed by atoms with Gasteiger partial charge in [0.05, 0.1) is 18.0 Å². The van der Waals surface area contributed by atoms with Crippen LogP contribution >= 0.6 is 0 Å². The van der Waals surface area contributed by atoms with Gasteiger partial charge in [-0.2, -0.15) is 0 Å². The summed E-state index contributed by atoms with van der Waals surface area (Å²) in [6.07, 6.45) is 3.59. The first-order valence-corrected chi connectivity index (χ1v) is 7.23. The molecule has 0 saturated carbocycles. The fourth-order valence-corrected chi connectivity index (χ4v) is 2.84. The number of hydrogen-bond acceptors (Lipinski definition) is 3. The Morgan fingerprint density at radius 2 is 1.90 bits per heavy atom. The van der Waals surface area contributed by atoms with Crippen molar-refractivity contribution in [3.63, 3.8) is 0 Å². The standard InChI is InChI=1S/C16H21N3O/c1-13-17-11-15(12-18-9-7-16(20)8-10-18)19(13)14-5-3-2-4-6-14/h2-6,11,16,20H,7-10,12H2,1H3. The highest BCUT2D eigenvalue weighted by Crippen LogP contribution is 2.18. The van der Waals surface area contributed by atoms with Gasteiger partial charge >= 0.3 is 0 Å². The van der Waals surface area contributed by atoms with E-state index in [-0.39, 0.29) is 6.10 Å². The summed E-state index contributed by atoms with van der Waals surface area (Å²) in [4.78, 5) is 6.85. The minimum atomic E-state index is -0.118. The predicted octanol–water partition coefficient (Wildman–Crippen LogP) is 2.14. The highest BCUT2D eigenvalue weighted by molar-refractivity contribution is 5.35. The molecule has 1 saturated heterocycles. The van der Waals surface area contributed by atoms with Gasteiger partial charge < -0.3 is 5.11 Å². The molecule has 1 aromatic carbocycles. The van der Waals surface area contributed by atoms with Gasteiger partial charge in [-0.05, 0) is 31.9 Å². The van der Waals surface area contributed by atoms with Crippen LogP contribution in [0.25, 0.3) is 5.69 Å². The second-order valence-electron chi connectivity index (χ2n) is 5.48. The van der Waals surface area contributed by atoms with Crippen LogP contribution in [0.1, 0.15) is 24.4 Å². The SMILES string of the molecule is Cc1ncc(CN2CCC(O)CC2)n1-c1ccccc1. The van der Waals surface area contributed by atoms with E-state index in [4.69, 9.17) is 0 Å². The molecule has 1 aromatic heterocycles. The maximum Gasteiger partial charge on any atom is 0.110 e. The van der Waals surface area contributed by atoms with Crippen molar-refractivity contribution < 1.29 is 5.11 Å². The molecule has 0 bridgehead atoms. The Morgan fingerprint density at radius 3 is 2.60 bits per heavy atom. The van der Waals surface area contributed by atoms with Crippen molar-refractivity contribution >= 4 is 0 Å². The number of benzene rings is 1. The van der Waals surface area contributed by atoms with E-state index in [0.29, 0.717) is 0 Å². The fraction of sp³-hybridized carbons (Fsp3) is 0.438. The van der Waals surface area contributed by atoms with Crippen molar-refractivity contribution in [1.82, 2.24) is 14.5 Å². The van der Waals surface area contributed by atoms with Crippen molar-refractivity contribution in [3.8, 4) is 5.69 Å². The monoisotopic (exact) mass is 271 g/mol. The molecule has 2 heterocycles. The molecule has 0 atom stereocenters. The van der Waals surface area contributed by atoms with Gasteiger partial charge in [0.1, 0.15) is 5.82 Å². The summed E-state index contributed by atoms with van der Waals surface area (Å²) < 4.78 is 2.21. The number of likely N-dealkylation sites (tertiary alicyclic amines) is 1. The molecule has 1 N–H and O–H groups in total. The summed E-state index contributed by atoms with van der Waals surface area (Å²) >= 11 is 0. The number of piperidine rings is 1. The zero-order valence-corrected chi connectivity index (χ0v) is 11.9. The van der Waals surface area contributed by atoms with Crippen LogP contribution in [0.15, 0.2) is 36.5 Å². The third kappa shape index (κ3) is 2.76. The van der Waals surface area contributed by atoms with Crippen LogP contribution in [-0.4, -0.2) is 38.8 Å². The topological polar surface area (TPSA) is 41.3 Å². The van der Waals surface area contributed by atoms with E-state index in [0.717, 1.165) is 44.0 Å². The zero-order valence-electron chi connectivity index (χ0n) is 11.9. The average molecular weight is 271 g/mol. The van der Waals surface area contributed by atoms with Crippen LogP contribution in [0.2, 0.25) is 0 Å². The number of aliphatic hydroxyl groups excluding tert-OH is 1. The van der Waals surface area contributed by atoms with E-state index >= 15 is 0 Å². The van der Waals surface area contributed by atoms with E-state index in [1.807, 2.05) is 19.2 Å². The van der Waals surface area contributed by atoms with Crippen LogP contribution in [0.4, 0.5) is 0 Å².